The Bertz CT molecular complexity index is 588. The number of nitrogens with one attached hydrogen (secondary N) is 2. The second-order valence-electron chi connectivity index (χ2n) is 4.47. The number of aryl methyl sites for hydroxylation is 2. The average Bonchev–Trinajstić information content (AvgIpc) is 2.82. The van der Waals surface area contributed by atoms with Gasteiger partial charge < -0.3 is 15.1 Å². The summed E-state index contributed by atoms with van der Waals surface area (Å²) in [6.45, 7) is 4.53. The highest BCUT2D eigenvalue weighted by atomic mass is 16.3. The zero-order valence-corrected chi connectivity index (χ0v) is 11.4. The second-order valence-corrected chi connectivity index (χ2v) is 4.47. The van der Waals surface area contributed by atoms with Gasteiger partial charge in [0, 0.05) is 18.3 Å². The molecule has 1 heterocycles. The fraction of sp³-hybridized carbons (Fsp3) is 0.267. The van der Waals surface area contributed by atoms with Crippen molar-refractivity contribution >= 4 is 11.6 Å². The Balaban J connectivity index is 2.07. The predicted octanol–water partition coefficient (Wildman–Crippen LogP) is 2.87. The van der Waals surface area contributed by atoms with Crippen molar-refractivity contribution < 1.29 is 9.21 Å². The Morgan fingerprint density at radius 2 is 2.00 bits per heavy atom. The van der Waals surface area contributed by atoms with Gasteiger partial charge in [0.2, 0.25) is 0 Å². The number of hydrogen-bond acceptors (Lipinski definition) is 3. The molecule has 0 bridgehead atoms. The highest BCUT2D eigenvalue weighted by Gasteiger charge is 2.06. The minimum Gasteiger partial charge on any atom is -0.465 e. The maximum absolute atomic E-state index is 11.5. The molecule has 2 N–H and O–H groups in total. The van der Waals surface area contributed by atoms with Crippen LogP contribution in [0.25, 0.3) is 0 Å². The van der Waals surface area contributed by atoms with E-state index in [1.165, 1.54) is 0 Å². The molecule has 2 rings (SSSR count). The van der Waals surface area contributed by atoms with Crippen LogP contribution in [0.4, 0.5) is 5.69 Å². The van der Waals surface area contributed by atoms with Crippen LogP contribution in [0.3, 0.4) is 0 Å². The van der Waals surface area contributed by atoms with Crippen LogP contribution in [0, 0.1) is 13.8 Å². The standard InChI is InChI=1S/C15H18N2O2/c1-10-8-12(15(18)16-3)5-7-14(10)17-9-13-6-4-11(2)19-13/h4-8,17H,9H2,1-3H3,(H,16,18). The van der Waals surface area contributed by atoms with Crippen LogP contribution in [0.2, 0.25) is 0 Å². The van der Waals surface area contributed by atoms with Crippen LogP contribution in [-0.2, 0) is 6.54 Å². The lowest BCUT2D eigenvalue weighted by molar-refractivity contribution is 0.0963. The van der Waals surface area contributed by atoms with Crippen LogP contribution < -0.4 is 10.6 Å². The molecule has 19 heavy (non-hydrogen) atoms. The highest BCUT2D eigenvalue weighted by molar-refractivity contribution is 5.94. The van der Waals surface area contributed by atoms with E-state index in [4.69, 9.17) is 4.42 Å². The molecule has 1 aromatic heterocycles. The van der Waals surface area contributed by atoms with Crippen LogP contribution >= 0.6 is 0 Å². The third-order valence-electron chi connectivity index (χ3n) is 2.96. The summed E-state index contributed by atoms with van der Waals surface area (Å²) < 4.78 is 5.50. The molecule has 4 heteroatoms. The third-order valence-corrected chi connectivity index (χ3v) is 2.96. The van der Waals surface area contributed by atoms with E-state index in [9.17, 15) is 4.79 Å². The molecule has 0 atom stereocenters. The normalized spacial score (nSPS) is 10.3. The van der Waals surface area contributed by atoms with Crippen molar-refractivity contribution in [2.24, 2.45) is 0 Å². The van der Waals surface area contributed by atoms with Crippen molar-refractivity contribution in [3.8, 4) is 0 Å². The van der Waals surface area contributed by atoms with Crippen molar-refractivity contribution in [3.63, 3.8) is 0 Å². The Morgan fingerprint density at radius 1 is 1.21 bits per heavy atom. The summed E-state index contributed by atoms with van der Waals surface area (Å²) in [5.41, 5.74) is 2.70. The third kappa shape index (κ3) is 3.16. The number of furan rings is 1. The Labute approximate surface area is 112 Å². The van der Waals surface area contributed by atoms with Gasteiger partial charge in [-0.25, -0.2) is 0 Å². The molecule has 0 aliphatic carbocycles. The van der Waals surface area contributed by atoms with Gasteiger partial charge in [-0.1, -0.05) is 0 Å². The first-order valence-electron chi connectivity index (χ1n) is 6.22. The molecule has 1 aromatic carbocycles. The van der Waals surface area contributed by atoms with E-state index in [-0.39, 0.29) is 5.91 Å². The van der Waals surface area contributed by atoms with E-state index < -0.39 is 0 Å². The molecule has 0 radical (unpaired) electrons. The molecule has 0 aliphatic heterocycles. The molecule has 2 aromatic rings. The fourth-order valence-corrected chi connectivity index (χ4v) is 1.91. The smallest absolute Gasteiger partial charge is 0.251 e. The van der Waals surface area contributed by atoms with Gasteiger partial charge >= 0.3 is 0 Å². The van der Waals surface area contributed by atoms with Gasteiger partial charge in [-0.05, 0) is 49.7 Å². The minimum atomic E-state index is -0.0729. The SMILES string of the molecule is CNC(=O)c1ccc(NCc2ccc(C)o2)c(C)c1. The molecule has 0 aliphatic rings. The van der Waals surface area contributed by atoms with Gasteiger partial charge in [0.1, 0.15) is 11.5 Å². The molecule has 4 nitrogen and oxygen atoms in total. The van der Waals surface area contributed by atoms with Gasteiger partial charge in [0.15, 0.2) is 0 Å². The molecule has 0 saturated carbocycles. The summed E-state index contributed by atoms with van der Waals surface area (Å²) in [5, 5.41) is 5.92. The molecule has 1 amide bonds. The molecule has 0 fully saturated rings. The maximum atomic E-state index is 11.5. The zero-order valence-electron chi connectivity index (χ0n) is 11.4. The lowest BCUT2D eigenvalue weighted by Gasteiger charge is -2.09. The summed E-state index contributed by atoms with van der Waals surface area (Å²) in [6, 6.07) is 9.49. The van der Waals surface area contributed by atoms with Crippen LogP contribution in [0.1, 0.15) is 27.4 Å². The lowest BCUT2D eigenvalue weighted by atomic mass is 10.1. The number of amides is 1. The van der Waals surface area contributed by atoms with E-state index in [2.05, 4.69) is 10.6 Å². The predicted molar refractivity (Wildman–Crippen MR) is 75.3 cm³/mol. The first-order chi connectivity index (χ1) is 9.10. The number of rotatable bonds is 4. The number of carbonyl (C=O) groups is 1. The summed E-state index contributed by atoms with van der Waals surface area (Å²) in [6.07, 6.45) is 0. The monoisotopic (exact) mass is 258 g/mol. The Hall–Kier alpha value is -2.23. The summed E-state index contributed by atoms with van der Waals surface area (Å²) >= 11 is 0. The topological polar surface area (TPSA) is 54.3 Å². The number of anilines is 1. The quantitative estimate of drug-likeness (QED) is 0.886. The van der Waals surface area contributed by atoms with Crippen LogP contribution in [-0.4, -0.2) is 13.0 Å². The molecule has 0 spiro atoms. The largest absolute Gasteiger partial charge is 0.465 e. The number of carbonyl (C=O) groups excluding carboxylic acids is 1. The van der Waals surface area contributed by atoms with Gasteiger partial charge in [-0.3, -0.25) is 4.79 Å². The van der Waals surface area contributed by atoms with Crippen molar-refractivity contribution in [3.05, 3.63) is 53.0 Å². The van der Waals surface area contributed by atoms with E-state index in [0.717, 1.165) is 22.8 Å². The number of benzene rings is 1. The summed E-state index contributed by atoms with van der Waals surface area (Å²) in [7, 11) is 1.63. The van der Waals surface area contributed by atoms with Gasteiger partial charge in [0.05, 0.1) is 6.54 Å². The molecule has 0 unspecified atom stereocenters. The van der Waals surface area contributed by atoms with E-state index in [0.29, 0.717) is 12.1 Å². The van der Waals surface area contributed by atoms with Crippen molar-refractivity contribution in [2.75, 3.05) is 12.4 Å². The van der Waals surface area contributed by atoms with Gasteiger partial charge in [-0.2, -0.15) is 0 Å². The van der Waals surface area contributed by atoms with E-state index >= 15 is 0 Å². The molecular weight excluding hydrogens is 240 g/mol. The first kappa shape index (κ1) is 13.2. The Kier molecular flexibility index (Phi) is 3.90. The van der Waals surface area contributed by atoms with Gasteiger partial charge in [0.25, 0.3) is 5.91 Å². The van der Waals surface area contributed by atoms with E-state index in [1.807, 2.05) is 44.2 Å². The second kappa shape index (κ2) is 5.61. The first-order valence-corrected chi connectivity index (χ1v) is 6.22. The van der Waals surface area contributed by atoms with Crippen molar-refractivity contribution in [2.45, 2.75) is 20.4 Å². The fourth-order valence-electron chi connectivity index (χ4n) is 1.91. The summed E-state index contributed by atoms with van der Waals surface area (Å²) in [5.74, 6) is 1.73. The van der Waals surface area contributed by atoms with E-state index in [1.54, 1.807) is 7.05 Å². The molecule has 100 valence electrons. The van der Waals surface area contributed by atoms with Crippen LogP contribution in [0.5, 0.6) is 0 Å². The van der Waals surface area contributed by atoms with Crippen LogP contribution in [0.15, 0.2) is 34.7 Å². The minimum absolute atomic E-state index is 0.0729. The highest BCUT2D eigenvalue weighted by Crippen LogP contribution is 2.18. The Morgan fingerprint density at radius 3 is 2.58 bits per heavy atom. The lowest BCUT2D eigenvalue weighted by Crippen LogP contribution is -2.17. The van der Waals surface area contributed by atoms with Crippen molar-refractivity contribution in [1.29, 1.82) is 0 Å². The molecular formula is C15H18N2O2. The summed E-state index contributed by atoms with van der Waals surface area (Å²) in [4.78, 5) is 11.5. The average molecular weight is 258 g/mol. The zero-order chi connectivity index (χ0) is 13.8. The van der Waals surface area contributed by atoms with Gasteiger partial charge in [-0.15, -0.1) is 0 Å². The van der Waals surface area contributed by atoms with Crippen molar-refractivity contribution in [1.82, 2.24) is 5.32 Å². The maximum Gasteiger partial charge on any atom is 0.251 e. The molecule has 0 saturated heterocycles. The number of hydrogen-bond donors (Lipinski definition) is 2.